The lowest BCUT2D eigenvalue weighted by Crippen LogP contribution is -2.50. The summed E-state index contributed by atoms with van der Waals surface area (Å²) < 4.78 is 0.867. The van der Waals surface area contributed by atoms with Crippen LogP contribution < -0.4 is 10.6 Å². The topological polar surface area (TPSA) is 44.3 Å². The van der Waals surface area contributed by atoms with E-state index >= 15 is 0 Å². The van der Waals surface area contributed by atoms with E-state index in [4.69, 9.17) is 11.6 Å². The zero-order valence-corrected chi connectivity index (χ0v) is 11.8. The van der Waals surface area contributed by atoms with Crippen molar-refractivity contribution in [2.24, 2.45) is 0 Å². The molecule has 0 aromatic heterocycles. The average molecular weight is 320 g/mol. The van der Waals surface area contributed by atoms with Gasteiger partial charge in [0.15, 0.2) is 0 Å². The highest BCUT2D eigenvalue weighted by Crippen LogP contribution is 2.29. The van der Waals surface area contributed by atoms with E-state index in [1.54, 1.807) is 0 Å². The average Bonchev–Trinajstić information content (AvgIpc) is 2.35. The third-order valence-corrected chi connectivity index (χ3v) is 4.41. The molecule has 1 aliphatic rings. The Kier molecular flexibility index (Phi) is 4.31. The van der Waals surface area contributed by atoms with E-state index in [1.807, 2.05) is 18.2 Å². The van der Waals surface area contributed by atoms with Crippen molar-refractivity contribution in [1.82, 2.24) is 5.32 Å². The number of benzene rings is 1. The van der Waals surface area contributed by atoms with Gasteiger partial charge in [-0.1, -0.05) is 11.6 Å². The summed E-state index contributed by atoms with van der Waals surface area (Å²) in [6.45, 7) is 2.01. The fraction of sp³-hybridized carbons (Fsp3) is 0.500. The maximum Gasteiger partial charge on any atom is 0.0662 e. The van der Waals surface area contributed by atoms with Crippen LogP contribution in [-0.4, -0.2) is 30.3 Å². The number of hydrogen-bond acceptors (Lipinski definition) is 3. The van der Waals surface area contributed by atoms with Crippen molar-refractivity contribution in [3.05, 3.63) is 27.7 Å². The molecule has 5 heteroatoms. The van der Waals surface area contributed by atoms with Gasteiger partial charge in [-0.15, -0.1) is 0 Å². The zero-order chi connectivity index (χ0) is 12.3. The second kappa shape index (κ2) is 5.57. The molecule has 0 unspecified atom stereocenters. The Balaban J connectivity index is 2.14. The summed E-state index contributed by atoms with van der Waals surface area (Å²) in [7, 11) is 0. The Morgan fingerprint density at radius 3 is 2.71 bits per heavy atom. The summed E-state index contributed by atoms with van der Waals surface area (Å²) in [6.07, 6.45) is 1.84. The van der Waals surface area contributed by atoms with Crippen molar-refractivity contribution < 1.29 is 5.11 Å². The van der Waals surface area contributed by atoms with Gasteiger partial charge in [-0.05, 0) is 60.1 Å². The highest BCUT2D eigenvalue weighted by Gasteiger charge is 2.31. The molecule has 0 saturated carbocycles. The molecule has 1 aliphatic heterocycles. The van der Waals surface area contributed by atoms with Gasteiger partial charge in [0, 0.05) is 10.2 Å². The van der Waals surface area contributed by atoms with Crippen LogP contribution in [0.4, 0.5) is 5.69 Å². The summed E-state index contributed by atoms with van der Waals surface area (Å²) in [5.74, 6) is 0. The van der Waals surface area contributed by atoms with E-state index in [0.717, 1.165) is 36.1 Å². The van der Waals surface area contributed by atoms with Crippen LogP contribution in [0, 0.1) is 0 Å². The van der Waals surface area contributed by atoms with Crippen molar-refractivity contribution >= 4 is 33.2 Å². The highest BCUT2D eigenvalue weighted by atomic mass is 79.9. The van der Waals surface area contributed by atoms with Crippen LogP contribution in [0.25, 0.3) is 0 Å². The monoisotopic (exact) mass is 318 g/mol. The van der Waals surface area contributed by atoms with Crippen LogP contribution in [0.15, 0.2) is 22.7 Å². The molecule has 1 heterocycles. The number of aliphatic hydroxyl groups excluding tert-OH is 1. The Morgan fingerprint density at radius 2 is 2.12 bits per heavy atom. The standard InChI is InChI=1S/C12H16BrClN2O/c13-10-7-9(1-2-11(10)14)16-12(8-17)3-5-15-6-4-12/h1-2,7,15-17H,3-6,8H2. The fourth-order valence-corrected chi connectivity index (χ4v) is 2.60. The second-order valence-electron chi connectivity index (χ2n) is 4.44. The number of nitrogens with one attached hydrogen (secondary N) is 2. The van der Waals surface area contributed by atoms with Gasteiger partial charge in [0.2, 0.25) is 0 Å². The molecular weight excluding hydrogens is 304 g/mol. The van der Waals surface area contributed by atoms with Gasteiger partial charge >= 0.3 is 0 Å². The smallest absolute Gasteiger partial charge is 0.0662 e. The van der Waals surface area contributed by atoms with Gasteiger partial charge in [-0.3, -0.25) is 0 Å². The van der Waals surface area contributed by atoms with Crippen molar-refractivity contribution in [3.63, 3.8) is 0 Å². The number of piperidine rings is 1. The summed E-state index contributed by atoms with van der Waals surface area (Å²) in [5.41, 5.74) is 0.774. The van der Waals surface area contributed by atoms with Crippen LogP contribution in [-0.2, 0) is 0 Å². The minimum absolute atomic E-state index is 0.148. The molecular formula is C12H16BrClN2O. The van der Waals surface area contributed by atoms with Gasteiger partial charge < -0.3 is 15.7 Å². The Hall–Kier alpha value is -0.290. The normalized spacial score (nSPS) is 19.0. The molecule has 2 rings (SSSR count). The number of rotatable bonds is 3. The minimum Gasteiger partial charge on any atom is -0.394 e. The van der Waals surface area contributed by atoms with Crippen LogP contribution in [0.3, 0.4) is 0 Å². The van der Waals surface area contributed by atoms with Crippen LogP contribution in [0.1, 0.15) is 12.8 Å². The predicted molar refractivity (Wildman–Crippen MR) is 74.7 cm³/mol. The van der Waals surface area contributed by atoms with E-state index < -0.39 is 0 Å². The number of anilines is 1. The first kappa shape index (κ1) is 13.1. The Morgan fingerprint density at radius 1 is 1.41 bits per heavy atom. The van der Waals surface area contributed by atoms with E-state index in [-0.39, 0.29) is 12.1 Å². The van der Waals surface area contributed by atoms with Gasteiger partial charge in [0.25, 0.3) is 0 Å². The molecule has 1 saturated heterocycles. The molecule has 3 nitrogen and oxygen atoms in total. The number of hydrogen-bond donors (Lipinski definition) is 3. The molecule has 0 spiro atoms. The lowest BCUT2D eigenvalue weighted by atomic mass is 9.89. The van der Waals surface area contributed by atoms with Crippen molar-refractivity contribution in [2.45, 2.75) is 18.4 Å². The number of halogens is 2. The molecule has 94 valence electrons. The van der Waals surface area contributed by atoms with Gasteiger partial charge in [-0.25, -0.2) is 0 Å². The number of aliphatic hydroxyl groups is 1. The molecule has 0 radical (unpaired) electrons. The largest absolute Gasteiger partial charge is 0.394 e. The first-order chi connectivity index (χ1) is 8.15. The third kappa shape index (κ3) is 3.13. The molecule has 0 bridgehead atoms. The quantitative estimate of drug-likeness (QED) is 0.802. The highest BCUT2D eigenvalue weighted by molar-refractivity contribution is 9.10. The second-order valence-corrected chi connectivity index (χ2v) is 5.70. The Labute approximate surface area is 115 Å². The molecule has 1 aromatic carbocycles. The van der Waals surface area contributed by atoms with Crippen LogP contribution in [0.2, 0.25) is 5.02 Å². The fourth-order valence-electron chi connectivity index (χ4n) is 2.11. The molecule has 1 aromatic rings. The van der Waals surface area contributed by atoms with Crippen LogP contribution >= 0.6 is 27.5 Å². The minimum atomic E-state index is -0.210. The lowest BCUT2D eigenvalue weighted by molar-refractivity contribution is 0.179. The molecule has 17 heavy (non-hydrogen) atoms. The summed E-state index contributed by atoms with van der Waals surface area (Å²) in [4.78, 5) is 0. The van der Waals surface area contributed by atoms with E-state index in [9.17, 15) is 5.11 Å². The molecule has 0 atom stereocenters. The van der Waals surface area contributed by atoms with Crippen molar-refractivity contribution in [1.29, 1.82) is 0 Å². The molecule has 0 aliphatic carbocycles. The third-order valence-electron chi connectivity index (χ3n) is 3.19. The Bertz CT molecular complexity index is 394. The van der Waals surface area contributed by atoms with E-state index in [1.165, 1.54) is 0 Å². The van der Waals surface area contributed by atoms with Gasteiger partial charge in [-0.2, -0.15) is 0 Å². The first-order valence-corrected chi connectivity index (χ1v) is 6.87. The van der Waals surface area contributed by atoms with Gasteiger partial charge in [0.1, 0.15) is 0 Å². The molecule has 1 fully saturated rings. The van der Waals surface area contributed by atoms with E-state index in [0.29, 0.717) is 5.02 Å². The molecule has 0 amide bonds. The molecule has 3 N–H and O–H groups in total. The van der Waals surface area contributed by atoms with Crippen molar-refractivity contribution in [3.8, 4) is 0 Å². The summed E-state index contributed by atoms with van der Waals surface area (Å²) in [5, 5.41) is 17.0. The summed E-state index contributed by atoms with van der Waals surface area (Å²) >= 11 is 9.36. The van der Waals surface area contributed by atoms with Crippen LogP contribution in [0.5, 0.6) is 0 Å². The lowest BCUT2D eigenvalue weighted by Gasteiger charge is -2.37. The van der Waals surface area contributed by atoms with E-state index in [2.05, 4.69) is 26.6 Å². The van der Waals surface area contributed by atoms with Crippen molar-refractivity contribution in [2.75, 3.05) is 25.0 Å². The first-order valence-electron chi connectivity index (χ1n) is 5.70. The summed E-state index contributed by atoms with van der Waals surface area (Å²) in [6, 6.07) is 5.73. The predicted octanol–water partition coefficient (Wildman–Crippen LogP) is 2.63. The van der Waals surface area contributed by atoms with Gasteiger partial charge in [0.05, 0.1) is 17.2 Å². The maximum absolute atomic E-state index is 9.60. The maximum atomic E-state index is 9.60. The zero-order valence-electron chi connectivity index (χ0n) is 9.47. The SMILES string of the molecule is OCC1(Nc2ccc(Cl)c(Br)c2)CCNCC1.